The molecule has 4 heteroatoms. The molecule has 0 fully saturated rings. The van der Waals surface area contributed by atoms with E-state index >= 15 is 0 Å². The fraction of sp³-hybridized carbons (Fsp3) is 0.606. The molecular formula is C33H61N3O. The minimum absolute atomic E-state index is 0. The van der Waals surface area contributed by atoms with Crippen LogP contribution in [0.1, 0.15) is 99.8 Å². The first-order valence-corrected chi connectivity index (χ1v) is 14.8. The summed E-state index contributed by atoms with van der Waals surface area (Å²) in [7, 11) is 1.98. The Labute approximate surface area is 232 Å². The number of nitrogens with one attached hydrogen (secondary N) is 3. The molecule has 2 atom stereocenters. The highest BCUT2D eigenvalue weighted by Crippen LogP contribution is 2.29. The second kappa shape index (κ2) is 21.7. The molecule has 4 nitrogen and oxygen atoms in total. The SMILES string of the molecule is CC.CC.CCC.CC[C@H](CNC(=O)N[C@@H](C)CC1Cc2ccccc2C1)Cc1ccccc1CNC.[HH].[HH]. The Morgan fingerprint density at radius 1 is 0.919 bits per heavy atom. The second-order valence-corrected chi connectivity index (χ2v) is 9.52. The standard InChI is InChI=1S/C26H37N3O.C3H8.2C2H6.2H2/c1-4-20(14-24-11-7-8-12-25(24)18-27-3)17-28-26(30)29-19(2)13-21-15-22-9-5-6-10-23(22)16-21;1-3-2;2*1-2;;/h5-12,19-21,27H,4,13-18H2,1-3H3,(H2,28,29,30);3H2,1-2H3;2*1-2H3;2*1H/t19-,20-;;;;;/m0...../s1. The van der Waals surface area contributed by atoms with Crippen molar-refractivity contribution < 1.29 is 7.65 Å². The second-order valence-electron chi connectivity index (χ2n) is 9.52. The van der Waals surface area contributed by atoms with Gasteiger partial charge in [0.2, 0.25) is 0 Å². The van der Waals surface area contributed by atoms with E-state index in [-0.39, 0.29) is 14.9 Å². The van der Waals surface area contributed by atoms with Crippen LogP contribution in [0.25, 0.3) is 0 Å². The van der Waals surface area contributed by atoms with Gasteiger partial charge in [0.05, 0.1) is 0 Å². The first kappa shape index (κ1) is 34.7. The fourth-order valence-electron chi connectivity index (χ4n) is 4.68. The van der Waals surface area contributed by atoms with Gasteiger partial charge in [0.15, 0.2) is 0 Å². The summed E-state index contributed by atoms with van der Waals surface area (Å²) in [6.07, 6.45) is 6.58. The molecule has 0 saturated carbocycles. The van der Waals surface area contributed by atoms with Crippen molar-refractivity contribution in [2.24, 2.45) is 11.8 Å². The van der Waals surface area contributed by atoms with Crippen molar-refractivity contribution in [2.75, 3.05) is 13.6 Å². The van der Waals surface area contributed by atoms with Crippen LogP contribution in [0.2, 0.25) is 0 Å². The highest BCUT2D eigenvalue weighted by atomic mass is 16.2. The van der Waals surface area contributed by atoms with Crippen molar-refractivity contribution in [3.05, 3.63) is 70.8 Å². The Balaban J connectivity index is -0.00000132. The molecule has 214 valence electrons. The van der Waals surface area contributed by atoms with Crippen LogP contribution in [0, 0.1) is 11.8 Å². The third kappa shape index (κ3) is 13.7. The van der Waals surface area contributed by atoms with Gasteiger partial charge in [-0.15, -0.1) is 0 Å². The number of benzene rings is 2. The van der Waals surface area contributed by atoms with Crippen LogP contribution in [-0.2, 0) is 25.8 Å². The average molecular weight is 516 g/mol. The van der Waals surface area contributed by atoms with Gasteiger partial charge in [-0.3, -0.25) is 0 Å². The van der Waals surface area contributed by atoms with E-state index in [0.29, 0.717) is 18.4 Å². The van der Waals surface area contributed by atoms with Gasteiger partial charge in [-0.1, -0.05) is 110 Å². The monoisotopic (exact) mass is 515 g/mol. The Kier molecular flexibility index (Phi) is 20.4. The number of hydrogen-bond donors (Lipinski definition) is 3. The molecule has 3 rings (SSSR count). The number of carbonyl (C=O) groups excluding carboxylic acids is 1. The van der Waals surface area contributed by atoms with Gasteiger partial charge in [-0.05, 0) is 73.7 Å². The number of amides is 2. The largest absolute Gasteiger partial charge is 0.338 e. The molecule has 1 aliphatic carbocycles. The zero-order chi connectivity index (χ0) is 28.1. The van der Waals surface area contributed by atoms with Crippen molar-refractivity contribution in [3.8, 4) is 0 Å². The first-order chi connectivity index (χ1) is 18.0. The molecule has 37 heavy (non-hydrogen) atoms. The summed E-state index contributed by atoms with van der Waals surface area (Å²) in [5.41, 5.74) is 5.66. The Hall–Kier alpha value is -2.33. The maximum Gasteiger partial charge on any atom is 0.315 e. The maximum absolute atomic E-state index is 12.5. The van der Waals surface area contributed by atoms with E-state index in [0.717, 1.165) is 38.6 Å². The van der Waals surface area contributed by atoms with Crippen LogP contribution in [0.15, 0.2) is 48.5 Å². The molecular weight excluding hydrogens is 454 g/mol. The lowest BCUT2D eigenvalue weighted by Crippen LogP contribution is -2.43. The van der Waals surface area contributed by atoms with Gasteiger partial charge in [-0.25, -0.2) is 4.79 Å². The molecule has 2 aromatic rings. The smallest absolute Gasteiger partial charge is 0.315 e. The van der Waals surface area contributed by atoms with Gasteiger partial charge in [-0.2, -0.15) is 0 Å². The lowest BCUT2D eigenvalue weighted by atomic mass is 9.93. The Bertz CT molecular complexity index is 822. The number of rotatable bonds is 10. The molecule has 0 aliphatic heterocycles. The molecule has 2 amide bonds. The molecule has 3 N–H and O–H groups in total. The summed E-state index contributed by atoms with van der Waals surface area (Å²) < 4.78 is 0. The zero-order valence-corrected chi connectivity index (χ0v) is 25.4. The highest BCUT2D eigenvalue weighted by Gasteiger charge is 2.23. The van der Waals surface area contributed by atoms with Crippen molar-refractivity contribution in [2.45, 2.75) is 107 Å². The quantitative estimate of drug-likeness (QED) is 0.297. The van der Waals surface area contributed by atoms with E-state index in [2.05, 4.69) is 92.2 Å². The van der Waals surface area contributed by atoms with Crippen molar-refractivity contribution in [1.82, 2.24) is 16.0 Å². The van der Waals surface area contributed by atoms with E-state index < -0.39 is 0 Å². The lowest BCUT2D eigenvalue weighted by molar-refractivity contribution is 0.233. The van der Waals surface area contributed by atoms with Crippen molar-refractivity contribution in [3.63, 3.8) is 0 Å². The Morgan fingerprint density at radius 2 is 1.43 bits per heavy atom. The molecule has 0 aromatic heterocycles. The number of urea groups is 1. The number of carbonyl (C=O) groups is 1. The molecule has 0 bridgehead atoms. The van der Waals surface area contributed by atoms with Gasteiger partial charge in [0.1, 0.15) is 0 Å². The van der Waals surface area contributed by atoms with Crippen LogP contribution in [0.5, 0.6) is 0 Å². The van der Waals surface area contributed by atoms with Gasteiger partial charge in [0, 0.05) is 22.0 Å². The minimum atomic E-state index is -0.0417. The van der Waals surface area contributed by atoms with Crippen LogP contribution in [0.3, 0.4) is 0 Å². The fourth-order valence-corrected chi connectivity index (χ4v) is 4.68. The van der Waals surface area contributed by atoms with E-state index in [9.17, 15) is 4.79 Å². The third-order valence-corrected chi connectivity index (χ3v) is 6.32. The van der Waals surface area contributed by atoms with E-state index in [1.807, 2.05) is 34.7 Å². The molecule has 0 spiro atoms. The van der Waals surface area contributed by atoms with Crippen molar-refractivity contribution in [1.29, 1.82) is 0 Å². The normalized spacial score (nSPS) is 13.3. The zero-order valence-electron chi connectivity index (χ0n) is 25.4. The number of fused-ring (bicyclic) bond motifs is 1. The summed E-state index contributed by atoms with van der Waals surface area (Å²) in [5.74, 6) is 1.07. The van der Waals surface area contributed by atoms with Gasteiger partial charge < -0.3 is 16.0 Å². The van der Waals surface area contributed by atoms with Gasteiger partial charge >= 0.3 is 6.03 Å². The van der Waals surface area contributed by atoms with Crippen LogP contribution in [0.4, 0.5) is 4.79 Å². The summed E-state index contributed by atoms with van der Waals surface area (Å²) >= 11 is 0. The first-order valence-electron chi connectivity index (χ1n) is 14.8. The molecule has 0 heterocycles. The number of hydrogen-bond acceptors (Lipinski definition) is 2. The molecule has 0 radical (unpaired) electrons. The predicted molar refractivity (Wildman–Crippen MR) is 168 cm³/mol. The summed E-state index contributed by atoms with van der Waals surface area (Å²) in [6, 6.07) is 17.4. The highest BCUT2D eigenvalue weighted by molar-refractivity contribution is 5.74. The predicted octanol–water partition coefficient (Wildman–Crippen LogP) is 8.43. The minimum Gasteiger partial charge on any atom is -0.338 e. The van der Waals surface area contributed by atoms with Gasteiger partial charge in [0.25, 0.3) is 0 Å². The van der Waals surface area contributed by atoms with Crippen LogP contribution >= 0.6 is 0 Å². The lowest BCUT2D eigenvalue weighted by Gasteiger charge is -2.21. The molecule has 0 unspecified atom stereocenters. The van der Waals surface area contributed by atoms with E-state index in [4.69, 9.17) is 0 Å². The maximum atomic E-state index is 12.5. The molecule has 1 aliphatic rings. The summed E-state index contributed by atoms with van der Waals surface area (Å²) in [4.78, 5) is 12.5. The van der Waals surface area contributed by atoms with E-state index in [1.54, 1.807) is 0 Å². The van der Waals surface area contributed by atoms with Crippen LogP contribution < -0.4 is 16.0 Å². The molecule has 2 aromatic carbocycles. The summed E-state index contributed by atoms with van der Waals surface area (Å²) in [5, 5.41) is 9.50. The van der Waals surface area contributed by atoms with E-state index in [1.165, 1.54) is 28.7 Å². The topological polar surface area (TPSA) is 53.2 Å². The van der Waals surface area contributed by atoms with Crippen LogP contribution in [-0.4, -0.2) is 25.7 Å². The Morgan fingerprint density at radius 3 is 1.95 bits per heavy atom. The third-order valence-electron chi connectivity index (χ3n) is 6.32. The van der Waals surface area contributed by atoms with Crippen molar-refractivity contribution >= 4 is 6.03 Å². The average Bonchev–Trinajstić information content (AvgIpc) is 3.32. The summed E-state index contributed by atoms with van der Waals surface area (Å²) in [6.45, 7) is 18.2. The molecule has 0 saturated heterocycles.